The number of benzene rings is 2. The number of halogens is 3. The fraction of sp³-hybridized carbons (Fsp3) is 0.238. The predicted molar refractivity (Wildman–Crippen MR) is 101 cm³/mol. The highest BCUT2D eigenvalue weighted by atomic mass is 19.4. The van der Waals surface area contributed by atoms with Crippen molar-refractivity contribution in [2.75, 3.05) is 20.8 Å². The van der Waals surface area contributed by atoms with E-state index in [9.17, 15) is 18.0 Å². The van der Waals surface area contributed by atoms with Crippen LogP contribution in [0.4, 0.5) is 13.2 Å². The minimum Gasteiger partial charge on any atom is -0.390 e. The lowest BCUT2D eigenvalue weighted by atomic mass is 9.90. The smallest absolute Gasteiger partial charge is 0.390 e. The number of ketones is 1. The van der Waals surface area contributed by atoms with Gasteiger partial charge in [-0.3, -0.25) is 4.79 Å². The van der Waals surface area contributed by atoms with Crippen molar-refractivity contribution in [1.29, 1.82) is 0 Å². The summed E-state index contributed by atoms with van der Waals surface area (Å²) in [6.45, 7) is 0.558. The molecule has 0 bridgehead atoms. The lowest BCUT2D eigenvalue weighted by molar-refractivity contribution is -0.137. The number of fused-ring (bicyclic) bond motifs is 1. The fourth-order valence-corrected chi connectivity index (χ4v) is 3.59. The van der Waals surface area contributed by atoms with Crippen LogP contribution in [0.3, 0.4) is 0 Å². The van der Waals surface area contributed by atoms with Crippen LogP contribution < -0.4 is 0 Å². The van der Waals surface area contributed by atoms with E-state index in [1.54, 1.807) is 12.1 Å². The predicted octanol–water partition coefficient (Wildman–Crippen LogP) is 3.87. The number of nitrogens with zero attached hydrogens (tertiary/aromatic N) is 3. The van der Waals surface area contributed by atoms with Crippen LogP contribution in [-0.2, 0) is 17.6 Å². The van der Waals surface area contributed by atoms with Gasteiger partial charge in [0.05, 0.1) is 17.9 Å². The van der Waals surface area contributed by atoms with Crippen molar-refractivity contribution in [2.24, 2.45) is 5.16 Å². The van der Waals surface area contributed by atoms with Gasteiger partial charge >= 0.3 is 6.18 Å². The van der Waals surface area contributed by atoms with Gasteiger partial charge in [-0.05, 0) is 17.7 Å². The molecule has 1 aliphatic heterocycles. The van der Waals surface area contributed by atoms with Gasteiger partial charge in [0.1, 0.15) is 18.0 Å². The van der Waals surface area contributed by atoms with E-state index in [2.05, 4.69) is 5.16 Å². The van der Waals surface area contributed by atoms with Crippen LogP contribution in [0, 0.1) is 0 Å². The molecule has 0 atom stereocenters. The molecule has 1 aliphatic carbocycles. The summed E-state index contributed by atoms with van der Waals surface area (Å²) in [5.41, 5.74) is 2.85. The molecule has 0 saturated heterocycles. The lowest BCUT2D eigenvalue weighted by Gasteiger charge is -2.22. The van der Waals surface area contributed by atoms with Crippen LogP contribution in [0.15, 0.2) is 65.1 Å². The van der Waals surface area contributed by atoms with Crippen molar-refractivity contribution < 1.29 is 22.8 Å². The summed E-state index contributed by atoms with van der Waals surface area (Å²) in [4.78, 5) is 22.2. The molecule has 2 aliphatic rings. The minimum atomic E-state index is -4.38. The number of hydrogen-bond donors (Lipinski definition) is 0. The molecule has 1 heterocycles. The molecule has 4 rings (SSSR count). The maximum atomic E-state index is 12.9. The monoisotopic (exact) mass is 401 g/mol. The quantitative estimate of drug-likeness (QED) is 0.733. The van der Waals surface area contributed by atoms with E-state index in [1.165, 1.54) is 12.1 Å². The number of oxime groups is 1. The highest BCUT2D eigenvalue weighted by Gasteiger charge is 2.39. The Hall–Kier alpha value is -3.29. The molecule has 5 nitrogen and oxygen atoms in total. The Bertz CT molecular complexity index is 1030. The first-order valence-electron chi connectivity index (χ1n) is 8.94. The third-order valence-electron chi connectivity index (χ3n) is 4.95. The number of carbonyl (C=O) groups is 1. The molecule has 150 valence electrons. The van der Waals surface area contributed by atoms with E-state index in [4.69, 9.17) is 4.84 Å². The molecular weight excluding hydrogens is 383 g/mol. The average Bonchev–Trinajstić information content (AvgIpc) is 2.98. The zero-order valence-electron chi connectivity index (χ0n) is 15.8. The molecule has 0 spiro atoms. The van der Waals surface area contributed by atoms with Crippen molar-refractivity contribution in [3.63, 3.8) is 0 Å². The topological polar surface area (TPSA) is 45.1 Å². The first-order chi connectivity index (χ1) is 13.8. The second-order valence-electron chi connectivity index (χ2n) is 7.02. The summed E-state index contributed by atoms with van der Waals surface area (Å²) >= 11 is 0. The number of rotatable bonds is 3. The molecule has 0 aromatic heterocycles. The van der Waals surface area contributed by atoms with Crippen LogP contribution in [0.25, 0.3) is 0 Å². The summed E-state index contributed by atoms with van der Waals surface area (Å²) < 4.78 is 38.1. The van der Waals surface area contributed by atoms with Gasteiger partial charge in [-0.1, -0.05) is 41.6 Å². The average molecular weight is 401 g/mol. The van der Waals surface area contributed by atoms with Crippen molar-refractivity contribution in [3.8, 4) is 0 Å². The first kappa shape index (κ1) is 19.0. The molecule has 2 aromatic carbocycles. The summed E-state index contributed by atoms with van der Waals surface area (Å²) in [5, 5.41) is 4.27. The number of allylic oxidation sites excluding steroid dienone is 2. The van der Waals surface area contributed by atoms with Crippen molar-refractivity contribution in [3.05, 3.63) is 82.2 Å². The van der Waals surface area contributed by atoms with Gasteiger partial charge in [0, 0.05) is 25.2 Å². The Morgan fingerprint density at radius 1 is 0.966 bits per heavy atom. The van der Waals surface area contributed by atoms with E-state index in [0.29, 0.717) is 40.5 Å². The zero-order chi connectivity index (χ0) is 20.8. The number of carbonyl (C=O) groups excluding carboxylic acids is 1. The molecule has 0 radical (unpaired) electrons. The maximum absolute atomic E-state index is 12.9. The molecule has 0 amide bonds. The van der Waals surface area contributed by atoms with E-state index in [1.807, 2.05) is 36.0 Å². The van der Waals surface area contributed by atoms with Gasteiger partial charge in [-0.25, -0.2) is 0 Å². The van der Waals surface area contributed by atoms with Crippen LogP contribution in [0.1, 0.15) is 27.0 Å². The Morgan fingerprint density at radius 3 is 2.24 bits per heavy atom. The standard InChI is InChI=1S/C21H18F3N3O2/c1-26-12-27(2)19-18(26)17(15-5-3-4-6-16(15)20(19)28)25-29-11-13-7-9-14(10-8-13)21(22,23)24/h3-10H,11-12H2,1-2H3/b25-17-. The third-order valence-corrected chi connectivity index (χ3v) is 4.95. The van der Waals surface area contributed by atoms with Crippen LogP contribution in [-0.4, -0.2) is 42.1 Å². The first-order valence-corrected chi connectivity index (χ1v) is 8.94. The second kappa shape index (κ2) is 6.95. The summed E-state index contributed by atoms with van der Waals surface area (Å²) in [7, 11) is 3.71. The molecule has 0 fully saturated rings. The van der Waals surface area contributed by atoms with Crippen molar-refractivity contribution in [1.82, 2.24) is 9.80 Å². The van der Waals surface area contributed by atoms with Gasteiger partial charge in [0.2, 0.25) is 5.78 Å². The highest BCUT2D eigenvalue weighted by molar-refractivity contribution is 6.28. The molecular formula is C21H18F3N3O2. The van der Waals surface area contributed by atoms with E-state index in [0.717, 1.165) is 12.1 Å². The molecule has 2 aromatic rings. The number of alkyl halides is 3. The number of Topliss-reactive ketones (excluding diaryl/α,β-unsaturated/α-hetero) is 1. The lowest BCUT2D eigenvalue weighted by Crippen LogP contribution is -2.27. The Labute approximate surface area is 165 Å². The third kappa shape index (κ3) is 3.35. The summed E-state index contributed by atoms with van der Waals surface area (Å²) in [6.07, 6.45) is -4.38. The van der Waals surface area contributed by atoms with Crippen LogP contribution in [0.5, 0.6) is 0 Å². The molecule has 0 saturated carbocycles. The molecule has 0 unspecified atom stereocenters. The molecule has 8 heteroatoms. The normalized spacial score (nSPS) is 17.7. The summed E-state index contributed by atoms with van der Waals surface area (Å²) in [5.74, 6) is -0.0656. The van der Waals surface area contributed by atoms with Crippen molar-refractivity contribution >= 4 is 11.5 Å². The van der Waals surface area contributed by atoms with Gasteiger partial charge in [-0.2, -0.15) is 13.2 Å². The molecule has 29 heavy (non-hydrogen) atoms. The summed E-state index contributed by atoms with van der Waals surface area (Å²) in [6, 6.07) is 11.9. The Balaban J connectivity index is 1.63. The highest BCUT2D eigenvalue weighted by Crippen LogP contribution is 2.34. The van der Waals surface area contributed by atoms with Gasteiger partial charge in [0.15, 0.2) is 0 Å². The maximum Gasteiger partial charge on any atom is 0.416 e. The van der Waals surface area contributed by atoms with Gasteiger partial charge < -0.3 is 14.6 Å². The largest absolute Gasteiger partial charge is 0.416 e. The minimum absolute atomic E-state index is 0.0138. The Morgan fingerprint density at radius 2 is 1.59 bits per heavy atom. The van der Waals surface area contributed by atoms with E-state index in [-0.39, 0.29) is 12.4 Å². The number of likely N-dealkylation sites (N-methyl/N-ethyl adjacent to an activating group) is 2. The fourth-order valence-electron chi connectivity index (χ4n) is 3.59. The van der Waals surface area contributed by atoms with Crippen molar-refractivity contribution in [2.45, 2.75) is 12.8 Å². The Kier molecular flexibility index (Phi) is 4.56. The van der Waals surface area contributed by atoms with E-state index >= 15 is 0 Å². The SMILES string of the molecule is CN1CN(C)C2=C1C(=O)c1ccccc1/C2=N/OCc1ccc(C(F)(F)F)cc1. The van der Waals surface area contributed by atoms with Gasteiger partial charge in [0.25, 0.3) is 0 Å². The van der Waals surface area contributed by atoms with E-state index < -0.39 is 11.7 Å². The molecule has 0 N–H and O–H groups in total. The second-order valence-corrected chi connectivity index (χ2v) is 7.02. The van der Waals surface area contributed by atoms with Crippen LogP contribution >= 0.6 is 0 Å². The van der Waals surface area contributed by atoms with Gasteiger partial charge in [-0.15, -0.1) is 0 Å². The number of hydrogen-bond acceptors (Lipinski definition) is 5. The zero-order valence-corrected chi connectivity index (χ0v) is 15.8. The van der Waals surface area contributed by atoms with Crippen LogP contribution in [0.2, 0.25) is 0 Å².